The third-order valence-corrected chi connectivity index (χ3v) is 2.89. The molecule has 0 aliphatic rings. The minimum absolute atomic E-state index is 0.0739. The zero-order valence-electron chi connectivity index (χ0n) is 9.52. The molecule has 0 aliphatic heterocycles. The molecule has 3 aromatic rings. The average molecular weight is 275 g/mol. The van der Waals surface area contributed by atoms with E-state index in [1.54, 1.807) is 36.5 Å². The highest BCUT2D eigenvalue weighted by Crippen LogP contribution is 2.22. The molecule has 0 saturated heterocycles. The Balaban J connectivity index is 2.19. The molecule has 0 radical (unpaired) electrons. The maximum atomic E-state index is 10.9. The van der Waals surface area contributed by atoms with Crippen molar-refractivity contribution in [1.82, 2.24) is 14.6 Å². The molecule has 2 aromatic heterocycles. The molecular weight excluding hydrogens is 268 g/mol. The van der Waals surface area contributed by atoms with Gasteiger partial charge in [-0.15, -0.1) is 5.10 Å². The van der Waals surface area contributed by atoms with Crippen LogP contribution in [0.1, 0.15) is 0 Å². The average Bonchev–Trinajstić information content (AvgIpc) is 2.82. The number of aromatic nitrogens is 3. The second-order valence-electron chi connectivity index (χ2n) is 3.86. The predicted molar refractivity (Wildman–Crippen MR) is 70.1 cm³/mol. The van der Waals surface area contributed by atoms with E-state index in [1.165, 1.54) is 10.6 Å². The van der Waals surface area contributed by atoms with Crippen LogP contribution in [0.5, 0.6) is 0 Å². The van der Waals surface area contributed by atoms with Crippen LogP contribution in [-0.2, 0) is 0 Å². The first-order chi connectivity index (χ1) is 9.15. The van der Waals surface area contributed by atoms with Crippen molar-refractivity contribution in [2.45, 2.75) is 0 Å². The molecule has 19 heavy (non-hydrogen) atoms. The summed E-state index contributed by atoms with van der Waals surface area (Å²) in [5, 5.41) is 15.7. The van der Waals surface area contributed by atoms with Crippen LogP contribution in [0.25, 0.3) is 17.0 Å². The molecule has 7 heteroatoms. The third kappa shape index (κ3) is 2.02. The molecule has 0 spiro atoms. The maximum absolute atomic E-state index is 10.9. The van der Waals surface area contributed by atoms with Crippen molar-refractivity contribution in [2.24, 2.45) is 0 Å². The lowest BCUT2D eigenvalue weighted by molar-refractivity contribution is -0.383. The molecule has 94 valence electrons. The highest BCUT2D eigenvalue weighted by Gasteiger charge is 2.16. The van der Waals surface area contributed by atoms with E-state index in [1.807, 2.05) is 0 Å². The summed E-state index contributed by atoms with van der Waals surface area (Å²) in [6.45, 7) is 0. The molecule has 0 unspecified atom stereocenters. The van der Waals surface area contributed by atoms with E-state index in [9.17, 15) is 10.1 Å². The largest absolute Gasteiger partial charge is 0.313 e. The molecule has 3 rings (SSSR count). The quantitative estimate of drug-likeness (QED) is 0.532. The molecule has 0 bridgehead atoms. The van der Waals surface area contributed by atoms with E-state index in [2.05, 4.69) is 10.1 Å². The summed E-state index contributed by atoms with van der Waals surface area (Å²) in [6, 6.07) is 9.93. The smallest absolute Gasteiger partial charge is 0.258 e. The Bertz CT molecular complexity index is 767. The van der Waals surface area contributed by atoms with Crippen molar-refractivity contribution in [2.75, 3.05) is 0 Å². The maximum Gasteiger partial charge on any atom is 0.313 e. The monoisotopic (exact) mass is 274 g/mol. The highest BCUT2D eigenvalue weighted by atomic mass is 35.5. The van der Waals surface area contributed by atoms with Crippen molar-refractivity contribution in [3.8, 4) is 11.4 Å². The van der Waals surface area contributed by atoms with E-state index in [-0.39, 0.29) is 11.3 Å². The van der Waals surface area contributed by atoms with Crippen molar-refractivity contribution >= 4 is 22.9 Å². The Morgan fingerprint density at radius 2 is 1.95 bits per heavy atom. The number of nitro groups is 1. The van der Waals surface area contributed by atoms with Gasteiger partial charge >= 0.3 is 5.69 Å². The molecule has 1 aromatic carbocycles. The summed E-state index contributed by atoms with van der Waals surface area (Å²) in [4.78, 5) is 14.6. The van der Waals surface area contributed by atoms with Crippen LogP contribution >= 0.6 is 11.6 Å². The van der Waals surface area contributed by atoms with Gasteiger partial charge in [0.25, 0.3) is 0 Å². The van der Waals surface area contributed by atoms with Gasteiger partial charge in [-0.2, -0.15) is 0 Å². The lowest BCUT2D eigenvalue weighted by Gasteiger charge is -1.93. The topological polar surface area (TPSA) is 73.3 Å². The number of halogens is 1. The minimum Gasteiger partial charge on any atom is -0.258 e. The second kappa shape index (κ2) is 4.33. The normalized spacial score (nSPS) is 10.8. The van der Waals surface area contributed by atoms with Gasteiger partial charge in [0.1, 0.15) is 0 Å². The summed E-state index contributed by atoms with van der Waals surface area (Å²) < 4.78 is 1.39. The van der Waals surface area contributed by atoms with Gasteiger partial charge in [-0.25, -0.2) is 9.50 Å². The number of pyridine rings is 1. The molecule has 0 N–H and O–H groups in total. The first-order valence-electron chi connectivity index (χ1n) is 5.41. The van der Waals surface area contributed by atoms with Crippen LogP contribution in [0.15, 0.2) is 42.6 Å². The zero-order chi connectivity index (χ0) is 13.4. The van der Waals surface area contributed by atoms with Crippen LogP contribution in [0.4, 0.5) is 5.69 Å². The molecule has 2 heterocycles. The number of hydrogen-bond donors (Lipinski definition) is 0. The summed E-state index contributed by atoms with van der Waals surface area (Å²) >= 11 is 5.81. The van der Waals surface area contributed by atoms with Crippen molar-refractivity contribution in [1.29, 1.82) is 0 Å². The fourth-order valence-corrected chi connectivity index (χ4v) is 1.88. The second-order valence-corrected chi connectivity index (χ2v) is 4.30. The van der Waals surface area contributed by atoms with E-state index in [0.717, 1.165) is 5.56 Å². The summed E-state index contributed by atoms with van der Waals surface area (Å²) in [6.07, 6.45) is 1.62. The fourth-order valence-electron chi connectivity index (χ4n) is 1.76. The summed E-state index contributed by atoms with van der Waals surface area (Å²) in [7, 11) is 0. The Labute approximate surface area is 112 Å². The predicted octanol–water partition coefficient (Wildman–Crippen LogP) is 2.96. The van der Waals surface area contributed by atoms with Gasteiger partial charge in [-0.05, 0) is 30.3 Å². The van der Waals surface area contributed by atoms with Crippen LogP contribution in [0.3, 0.4) is 0 Å². The standard InChI is InChI=1S/C12H7ClN4O2/c13-9-5-3-8(4-6-9)11-14-12-10(17(18)19)2-1-7-16(12)15-11/h1-7H. The van der Waals surface area contributed by atoms with Crippen LogP contribution < -0.4 is 0 Å². The molecule has 0 amide bonds. The zero-order valence-corrected chi connectivity index (χ0v) is 10.3. The fraction of sp³-hybridized carbons (Fsp3) is 0. The van der Waals surface area contributed by atoms with Gasteiger partial charge in [0.2, 0.25) is 5.65 Å². The van der Waals surface area contributed by atoms with Gasteiger partial charge in [0.15, 0.2) is 5.82 Å². The van der Waals surface area contributed by atoms with Gasteiger partial charge in [-0.1, -0.05) is 11.6 Å². The van der Waals surface area contributed by atoms with E-state index in [4.69, 9.17) is 11.6 Å². The summed E-state index contributed by atoms with van der Waals surface area (Å²) in [5.74, 6) is 0.422. The van der Waals surface area contributed by atoms with Gasteiger partial charge in [0, 0.05) is 22.8 Å². The SMILES string of the molecule is O=[N+]([O-])c1cccn2nc(-c3ccc(Cl)cc3)nc12. The van der Waals surface area contributed by atoms with Crippen molar-refractivity contribution in [3.05, 3.63) is 57.7 Å². The minimum atomic E-state index is -0.477. The molecule has 0 fully saturated rings. The lowest BCUT2D eigenvalue weighted by Crippen LogP contribution is -1.93. The number of rotatable bonds is 2. The van der Waals surface area contributed by atoms with E-state index >= 15 is 0 Å². The number of hydrogen-bond acceptors (Lipinski definition) is 4. The Kier molecular flexibility index (Phi) is 2.64. The van der Waals surface area contributed by atoms with Gasteiger partial charge in [0.05, 0.1) is 4.92 Å². The third-order valence-electron chi connectivity index (χ3n) is 2.64. The van der Waals surface area contributed by atoms with Crippen molar-refractivity contribution in [3.63, 3.8) is 0 Å². The molecule has 0 aliphatic carbocycles. The van der Waals surface area contributed by atoms with Crippen molar-refractivity contribution < 1.29 is 4.92 Å². The lowest BCUT2D eigenvalue weighted by atomic mass is 10.2. The summed E-state index contributed by atoms with van der Waals surface area (Å²) in [5.41, 5.74) is 0.898. The highest BCUT2D eigenvalue weighted by molar-refractivity contribution is 6.30. The molecule has 6 nitrogen and oxygen atoms in total. The first kappa shape index (κ1) is 11.6. The van der Waals surface area contributed by atoms with E-state index in [0.29, 0.717) is 10.8 Å². The van der Waals surface area contributed by atoms with Crippen LogP contribution in [0.2, 0.25) is 5.02 Å². The number of nitrogens with zero attached hydrogens (tertiary/aromatic N) is 4. The van der Waals surface area contributed by atoms with Crippen LogP contribution in [0, 0.1) is 10.1 Å². The Hall–Kier alpha value is -2.47. The van der Waals surface area contributed by atoms with Gasteiger partial charge in [-0.3, -0.25) is 10.1 Å². The number of fused-ring (bicyclic) bond motifs is 1. The van der Waals surface area contributed by atoms with E-state index < -0.39 is 4.92 Å². The molecule has 0 saturated carbocycles. The first-order valence-corrected chi connectivity index (χ1v) is 5.79. The van der Waals surface area contributed by atoms with Crippen LogP contribution in [-0.4, -0.2) is 19.5 Å². The molecular formula is C12H7ClN4O2. The Morgan fingerprint density at radius 1 is 1.21 bits per heavy atom. The molecule has 0 atom stereocenters. The number of benzene rings is 1. The Morgan fingerprint density at radius 3 is 2.63 bits per heavy atom. The van der Waals surface area contributed by atoms with Gasteiger partial charge < -0.3 is 0 Å².